The van der Waals surface area contributed by atoms with Crippen molar-refractivity contribution in [3.05, 3.63) is 16.0 Å². The van der Waals surface area contributed by atoms with E-state index in [9.17, 15) is 4.79 Å². The molecule has 0 atom stereocenters. The minimum atomic E-state index is -0.240. The van der Waals surface area contributed by atoms with Crippen LogP contribution in [-0.4, -0.2) is 24.2 Å². The smallest absolute Gasteiger partial charge is 0.341 e. The molecule has 116 valence electrons. The van der Waals surface area contributed by atoms with Gasteiger partial charge in [0.25, 0.3) is 0 Å². The number of thiocarbonyl (C=S) groups is 1. The highest BCUT2D eigenvalue weighted by Gasteiger charge is 2.27. The van der Waals surface area contributed by atoms with E-state index in [4.69, 9.17) is 17.0 Å². The van der Waals surface area contributed by atoms with E-state index in [1.807, 2.05) is 6.92 Å². The van der Waals surface area contributed by atoms with Crippen LogP contribution in [0, 0.1) is 0 Å². The molecule has 0 bridgehead atoms. The van der Waals surface area contributed by atoms with E-state index in [1.54, 1.807) is 11.3 Å². The number of ether oxygens (including phenoxy) is 1. The third-order valence-corrected chi connectivity index (χ3v) is 4.90. The minimum absolute atomic E-state index is 0.240. The molecular weight excluding hydrogens is 304 g/mol. The molecule has 0 spiro atoms. The summed E-state index contributed by atoms with van der Waals surface area (Å²) in [5.41, 5.74) is 1.84. The van der Waals surface area contributed by atoms with E-state index in [0.717, 1.165) is 49.2 Å². The van der Waals surface area contributed by atoms with E-state index < -0.39 is 0 Å². The number of hydrogen-bond acceptors (Lipinski definition) is 4. The first-order valence-corrected chi connectivity index (χ1v) is 8.76. The van der Waals surface area contributed by atoms with Crippen LogP contribution in [0.1, 0.15) is 53.9 Å². The van der Waals surface area contributed by atoms with Crippen molar-refractivity contribution in [2.75, 3.05) is 18.5 Å². The Hall–Kier alpha value is -1.14. The van der Waals surface area contributed by atoms with Gasteiger partial charge in [0.15, 0.2) is 5.11 Å². The number of thiophene rings is 1. The number of unbranched alkanes of at least 4 members (excludes halogenated alkanes) is 1. The second kappa shape index (κ2) is 7.75. The van der Waals surface area contributed by atoms with Crippen LogP contribution in [-0.2, 0) is 17.6 Å². The Morgan fingerprint density at radius 3 is 2.90 bits per heavy atom. The summed E-state index contributed by atoms with van der Waals surface area (Å²) < 4.78 is 5.20. The SMILES string of the molecule is CCCCNC(=S)Nc1sc2c(c1C(=O)OCC)CCC2. The van der Waals surface area contributed by atoms with Gasteiger partial charge in [-0.2, -0.15) is 0 Å². The van der Waals surface area contributed by atoms with Crippen molar-refractivity contribution in [2.24, 2.45) is 0 Å². The van der Waals surface area contributed by atoms with Gasteiger partial charge in [-0.15, -0.1) is 11.3 Å². The Morgan fingerprint density at radius 2 is 2.19 bits per heavy atom. The fourth-order valence-corrected chi connectivity index (χ4v) is 3.99. The van der Waals surface area contributed by atoms with Crippen LogP contribution in [0.3, 0.4) is 0 Å². The highest BCUT2D eigenvalue weighted by Crippen LogP contribution is 2.39. The molecule has 0 unspecified atom stereocenters. The van der Waals surface area contributed by atoms with E-state index in [1.165, 1.54) is 4.88 Å². The average molecular weight is 326 g/mol. The van der Waals surface area contributed by atoms with Crippen molar-refractivity contribution in [1.82, 2.24) is 5.32 Å². The molecule has 2 rings (SSSR count). The first kappa shape index (κ1) is 16.2. The van der Waals surface area contributed by atoms with Crippen LogP contribution in [0.25, 0.3) is 0 Å². The van der Waals surface area contributed by atoms with Crippen molar-refractivity contribution in [2.45, 2.75) is 46.0 Å². The van der Waals surface area contributed by atoms with Gasteiger partial charge in [0.1, 0.15) is 5.00 Å². The van der Waals surface area contributed by atoms with Gasteiger partial charge in [0.2, 0.25) is 0 Å². The Morgan fingerprint density at radius 1 is 1.38 bits per heavy atom. The number of esters is 1. The van der Waals surface area contributed by atoms with Crippen LogP contribution in [0.5, 0.6) is 0 Å². The van der Waals surface area contributed by atoms with Crippen LogP contribution < -0.4 is 10.6 Å². The predicted molar refractivity (Wildman–Crippen MR) is 91.4 cm³/mol. The molecule has 6 heteroatoms. The lowest BCUT2D eigenvalue weighted by Gasteiger charge is -2.11. The van der Waals surface area contributed by atoms with Crippen molar-refractivity contribution < 1.29 is 9.53 Å². The van der Waals surface area contributed by atoms with E-state index in [0.29, 0.717) is 17.3 Å². The second-order valence-corrected chi connectivity index (χ2v) is 6.53. The molecule has 1 aliphatic carbocycles. The lowest BCUT2D eigenvalue weighted by atomic mass is 10.1. The van der Waals surface area contributed by atoms with Crippen LogP contribution >= 0.6 is 23.6 Å². The standard InChI is InChI=1S/C15H22N2O2S2/c1-3-5-9-16-15(20)17-13-12(14(18)19-4-2)10-7-6-8-11(10)21-13/h3-9H2,1-2H3,(H2,16,17,20). The van der Waals surface area contributed by atoms with Gasteiger partial charge in [-0.1, -0.05) is 13.3 Å². The summed E-state index contributed by atoms with van der Waals surface area (Å²) in [6, 6.07) is 0. The van der Waals surface area contributed by atoms with Gasteiger partial charge >= 0.3 is 5.97 Å². The van der Waals surface area contributed by atoms with Gasteiger partial charge < -0.3 is 15.4 Å². The third-order valence-electron chi connectivity index (χ3n) is 3.44. The molecule has 21 heavy (non-hydrogen) atoms. The molecule has 0 fully saturated rings. The monoisotopic (exact) mass is 326 g/mol. The van der Waals surface area contributed by atoms with Gasteiger partial charge in [0, 0.05) is 11.4 Å². The molecule has 0 aliphatic heterocycles. The van der Waals surface area contributed by atoms with Crippen LogP contribution in [0.15, 0.2) is 0 Å². The molecule has 1 heterocycles. The maximum absolute atomic E-state index is 12.2. The lowest BCUT2D eigenvalue weighted by molar-refractivity contribution is 0.0527. The molecule has 1 aliphatic rings. The molecule has 1 aromatic rings. The summed E-state index contributed by atoms with van der Waals surface area (Å²) in [6.45, 7) is 5.21. The normalized spacial score (nSPS) is 12.9. The summed E-state index contributed by atoms with van der Waals surface area (Å²) in [5, 5.41) is 7.75. The average Bonchev–Trinajstić information content (AvgIpc) is 2.99. The van der Waals surface area contributed by atoms with E-state index in [-0.39, 0.29) is 5.97 Å². The molecule has 4 nitrogen and oxygen atoms in total. The zero-order valence-corrected chi connectivity index (χ0v) is 14.2. The summed E-state index contributed by atoms with van der Waals surface area (Å²) in [6.07, 6.45) is 5.32. The van der Waals surface area contributed by atoms with Crippen LogP contribution in [0.4, 0.5) is 5.00 Å². The molecular formula is C15H22N2O2S2. The number of nitrogens with one attached hydrogen (secondary N) is 2. The molecule has 1 aromatic heterocycles. The zero-order valence-electron chi connectivity index (χ0n) is 12.6. The quantitative estimate of drug-likeness (QED) is 0.476. The highest BCUT2D eigenvalue weighted by molar-refractivity contribution is 7.80. The maximum Gasteiger partial charge on any atom is 0.341 e. The zero-order chi connectivity index (χ0) is 15.2. The van der Waals surface area contributed by atoms with Crippen molar-refractivity contribution in [1.29, 1.82) is 0 Å². The van der Waals surface area contributed by atoms with Gasteiger partial charge in [-0.25, -0.2) is 4.79 Å². The molecule has 2 N–H and O–H groups in total. The van der Waals surface area contributed by atoms with Gasteiger partial charge in [0.05, 0.1) is 12.2 Å². The Kier molecular flexibility index (Phi) is 5.99. The van der Waals surface area contributed by atoms with Gasteiger partial charge in [-0.3, -0.25) is 0 Å². The van der Waals surface area contributed by atoms with Crippen molar-refractivity contribution in [3.63, 3.8) is 0 Å². The summed E-state index contributed by atoms with van der Waals surface area (Å²) >= 11 is 6.93. The van der Waals surface area contributed by atoms with Crippen LogP contribution in [0.2, 0.25) is 0 Å². The topological polar surface area (TPSA) is 50.4 Å². The van der Waals surface area contributed by atoms with E-state index in [2.05, 4.69) is 17.6 Å². The Bertz CT molecular complexity index is 526. The van der Waals surface area contributed by atoms with Crippen molar-refractivity contribution >= 4 is 39.6 Å². The number of fused-ring (bicyclic) bond motifs is 1. The fourth-order valence-electron chi connectivity index (χ4n) is 2.44. The predicted octanol–water partition coefficient (Wildman–Crippen LogP) is 3.50. The number of hydrogen-bond donors (Lipinski definition) is 2. The number of carbonyl (C=O) groups excluding carboxylic acids is 1. The Labute approximate surface area is 135 Å². The number of aryl methyl sites for hydroxylation is 1. The summed E-state index contributed by atoms with van der Waals surface area (Å²) in [7, 11) is 0. The van der Waals surface area contributed by atoms with Crippen molar-refractivity contribution in [3.8, 4) is 0 Å². The highest BCUT2D eigenvalue weighted by atomic mass is 32.1. The second-order valence-electron chi connectivity index (χ2n) is 5.02. The maximum atomic E-state index is 12.2. The summed E-state index contributed by atoms with van der Waals surface area (Å²) in [4.78, 5) is 13.5. The fraction of sp³-hybridized carbons (Fsp3) is 0.600. The van der Waals surface area contributed by atoms with Gasteiger partial charge in [-0.05, 0) is 50.4 Å². The molecule has 0 amide bonds. The molecule has 0 radical (unpaired) electrons. The van der Waals surface area contributed by atoms with E-state index >= 15 is 0 Å². The number of anilines is 1. The number of rotatable bonds is 6. The number of carbonyl (C=O) groups is 1. The molecule has 0 saturated heterocycles. The first-order valence-electron chi connectivity index (χ1n) is 7.53. The Balaban J connectivity index is 2.12. The summed E-state index contributed by atoms with van der Waals surface area (Å²) in [5.74, 6) is -0.240. The largest absolute Gasteiger partial charge is 0.462 e. The minimum Gasteiger partial charge on any atom is -0.462 e. The first-order chi connectivity index (χ1) is 10.2. The lowest BCUT2D eigenvalue weighted by Crippen LogP contribution is -2.29. The molecule has 0 saturated carbocycles. The molecule has 0 aromatic carbocycles. The third kappa shape index (κ3) is 3.95.